The largest absolute Gasteiger partial charge is 0.351 e. The number of carbonyl (C=O) groups is 1. The van der Waals surface area contributed by atoms with Gasteiger partial charge in [0.25, 0.3) is 0 Å². The van der Waals surface area contributed by atoms with Crippen molar-refractivity contribution in [2.75, 3.05) is 5.32 Å². The Morgan fingerprint density at radius 3 is 2.56 bits per heavy atom. The summed E-state index contributed by atoms with van der Waals surface area (Å²) in [7, 11) is 0. The van der Waals surface area contributed by atoms with E-state index >= 15 is 0 Å². The molecule has 4 heteroatoms. The molecule has 2 rings (SSSR count). The van der Waals surface area contributed by atoms with Crippen molar-refractivity contribution in [3.8, 4) is 0 Å². The lowest BCUT2D eigenvalue weighted by molar-refractivity contribution is -0.730. The molecule has 0 aliphatic carbocycles. The van der Waals surface area contributed by atoms with Gasteiger partial charge in [0.2, 0.25) is 5.52 Å². The number of hydrogen-bond donors (Lipinski definition) is 2. The second-order valence-corrected chi connectivity index (χ2v) is 5.32. The first-order valence-corrected chi connectivity index (χ1v) is 5.89. The Labute approximate surface area is 106 Å². The number of benzene rings is 1. The van der Waals surface area contributed by atoms with Gasteiger partial charge in [0, 0.05) is 32.2 Å². The smallest absolute Gasteiger partial charge is 0.316 e. The molecule has 0 bridgehead atoms. The predicted octanol–water partition coefficient (Wildman–Crippen LogP) is 2.37. The van der Waals surface area contributed by atoms with Crippen LogP contribution in [0.25, 0.3) is 10.9 Å². The Morgan fingerprint density at radius 1 is 1.28 bits per heavy atom. The van der Waals surface area contributed by atoms with Gasteiger partial charge in [-0.3, -0.25) is 0 Å². The zero-order valence-corrected chi connectivity index (χ0v) is 10.9. The zero-order valence-electron chi connectivity index (χ0n) is 10.9. The van der Waals surface area contributed by atoms with Crippen LogP contribution in [-0.4, -0.2) is 6.03 Å². The maximum Gasteiger partial charge on any atom is 0.316 e. The van der Waals surface area contributed by atoms with Crippen LogP contribution in [0.4, 0.5) is 10.5 Å². The standard InChI is InChI=1S/C14H17N3O/c1-14(2,3)17-9-11(16-13(15)18)8-10-6-4-5-7-12(10)17/h4-9H,1-3H3,(H2-,15,16,18)/p+1. The molecule has 1 aromatic heterocycles. The lowest BCUT2D eigenvalue weighted by atomic mass is 10.1. The van der Waals surface area contributed by atoms with E-state index < -0.39 is 6.03 Å². The maximum atomic E-state index is 11.0. The van der Waals surface area contributed by atoms with Gasteiger partial charge < -0.3 is 11.1 Å². The lowest BCUT2D eigenvalue weighted by Gasteiger charge is -2.16. The normalized spacial score (nSPS) is 11.5. The molecule has 0 saturated heterocycles. The average molecular weight is 244 g/mol. The molecular weight excluding hydrogens is 226 g/mol. The molecule has 0 unspecified atom stereocenters. The number of primary amides is 1. The van der Waals surface area contributed by atoms with Crippen LogP contribution in [-0.2, 0) is 5.54 Å². The van der Waals surface area contributed by atoms with Crippen LogP contribution in [0.5, 0.6) is 0 Å². The SMILES string of the molecule is CC(C)(C)[n+]1cc(NC(N)=O)cc2ccccc21. The third-order valence-electron chi connectivity index (χ3n) is 2.77. The number of anilines is 1. The number of nitrogens with one attached hydrogen (secondary N) is 1. The van der Waals surface area contributed by atoms with Crippen molar-refractivity contribution in [3.63, 3.8) is 0 Å². The van der Waals surface area contributed by atoms with E-state index in [0.29, 0.717) is 5.69 Å². The molecule has 3 N–H and O–H groups in total. The molecule has 0 spiro atoms. The quantitative estimate of drug-likeness (QED) is 0.743. The summed E-state index contributed by atoms with van der Waals surface area (Å²) in [5, 5.41) is 3.70. The number of para-hydroxylation sites is 1. The maximum absolute atomic E-state index is 11.0. The van der Waals surface area contributed by atoms with E-state index in [1.165, 1.54) is 0 Å². The summed E-state index contributed by atoms with van der Waals surface area (Å²) in [6, 6.07) is 9.43. The van der Waals surface area contributed by atoms with E-state index in [-0.39, 0.29) is 5.54 Å². The molecule has 0 saturated carbocycles. The molecule has 0 aliphatic rings. The molecule has 2 aromatic rings. The highest BCUT2D eigenvalue weighted by atomic mass is 16.2. The fraction of sp³-hybridized carbons (Fsp3) is 0.286. The number of aromatic nitrogens is 1. The van der Waals surface area contributed by atoms with Crippen molar-refractivity contribution >= 4 is 22.6 Å². The number of nitrogens with two attached hydrogens (primary N) is 1. The van der Waals surface area contributed by atoms with Crippen molar-refractivity contribution < 1.29 is 9.36 Å². The minimum atomic E-state index is -0.550. The van der Waals surface area contributed by atoms with E-state index in [0.717, 1.165) is 10.9 Å². The first-order valence-electron chi connectivity index (χ1n) is 5.89. The van der Waals surface area contributed by atoms with Gasteiger partial charge in [0.05, 0.1) is 0 Å². The van der Waals surface area contributed by atoms with E-state index in [2.05, 4.69) is 36.7 Å². The fourth-order valence-electron chi connectivity index (χ4n) is 2.01. The molecule has 0 aliphatic heterocycles. The van der Waals surface area contributed by atoms with E-state index in [1.54, 1.807) is 0 Å². The molecule has 0 atom stereocenters. The van der Waals surface area contributed by atoms with Gasteiger partial charge in [0.1, 0.15) is 5.69 Å². The molecule has 18 heavy (non-hydrogen) atoms. The Morgan fingerprint density at radius 2 is 1.94 bits per heavy atom. The number of pyridine rings is 1. The van der Waals surface area contributed by atoms with Crippen LogP contribution in [0.2, 0.25) is 0 Å². The Hall–Kier alpha value is -2.10. The van der Waals surface area contributed by atoms with Crippen molar-refractivity contribution in [2.45, 2.75) is 26.3 Å². The van der Waals surface area contributed by atoms with Crippen molar-refractivity contribution in [1.82, 2.24) is 0 Å². The minimum Gasteiger partial charge on any atom is -0.351 e. The van der Waals surface area contributed by atoms with Gasteiger partial charge in [0.15, 0.2) is 11.7 Å². The van der Waals surface area contributed by atoms with Gasteiger partial charge in [-0.2, -0.15) is 4.57 Å². The van der Waals surface area contributed by atoms with Crippen molar-refractivity contribution in [3.05, 3.63) is 36.5 Å². The van der Waals surface area contributed by atoms with Crippen LogP contribution in [0.1, 0.15) is 20.8 Å². The number of hydrogen-bond acceptors (Lipinski definition) is 1. The summed E-state index contributed by atoms with van der Waals surface area (Å²) in [6.07, 6.45) is 1.91. The van der Waals surface area contributed by atoms with Gasteiger partial charge >= 0.3 is 6.03 Å². The molecule has 0 fully saturated rings. The molecule has 1 aromatic carbocycles. The molecule has 1 heterocycles. The minimum absolute atomic E-state index is 0.0745. The predicted molar refractivity (Wildman–Crippen MR) is 72.3 cm³/mol. The van der Waals surface area contributed by atoms with E-state index in [1.807, 2.05) is 30.5 Å². The zero-order chi connectivity index (χ0) is 13.3. The number of carbonyl (C=O) groups excluding carboxylic acids is 1. The van der Waals surface area contributed by atoms with E-state index in [4.69, 9.17) is 5.73 Å². The van der Waals surface area contributed by atoms with Gasteiger partial charge in [-0.15, -0.1) is 0 Å². The summed E-state index contributed by atoms with van der Waals surface area (Å²) in [5.74, 6) is 0. The van der Waals surface area contributed by atoms with Gasteiger partial charge in [-0.05, 0) is 12.1 Å². The molecule has 4 nitrogen and oxygen atoms in total. The van der Waals surface area contributed by atoms with Crippen LogP contribution >= 0.6 is 0 Å². The second-order valence-electron chi connectivity index (χ2n) is 5.32. The highest BCUT2D eigenvalue weighted by Crippen LogP contribution is 2.18. The summed E-state index contributed by atoms with van der Waals surface area (Å²) < 4.78 is 2.13. The Bertz CT molecular complexity index is 600. The third kappa shape index (κ3) is 2.42. The van der Waals surface area contributed by atoms with Crippen LogP contribution < -0.4 is 15.6 Å². The summed E-state index contributed by atoms with van der Waals surface area (Å²) >= 11 is 0. The molecule has 94 valence electrons. The molecule has 0 radical (unpaired) electrons. The number of urea groups is 1. The van der Waals surface area contributed by atoms with Gasteiger partial charge in [-0.1, -0.05) is 12.1 Å². The first kappa shape index (κ1) is 12.4. The highest BCUT2D eigenvalue weighted by Gasteiger charge is 2.25. The fourth-order valence-corrected chi connectivity index (χ4v) is 2.01. The number of nitrogens with zero attached hydrogens (tertiary/aromatic N) is 1. The lowest BCUT2D eigenvalue weighted by Crippen LogP contribution is -2.50. The average Bonchev–Trinajstić information content (AvgIpc) is 2.25. The van der Waals surface area contributed by atoms with Crippen LogP contribution in [0.3, 0.4) is 0 Å². The summed E-state index contributed by atoms with van der Waals surface area (Å²) in [6.45, 7) is 6.36. The molecule has 2 amide bonds. The first-order chi connectivity index (χ1) is 8.38. The Balaban J connectivity index is 2.68. The highest BCUT2D eigenvalue weighted by molar-refractivity contribution is 5.90. The monoisotopic (exact) mass is 244 g/mol. The van der Waals surface area contributed by atoms with Crippen LogP contribution in [0.15, 0.2) is 36.5 Å². The van der Waals surface area contributed by atoms with Gasteiger partial charge in [-0.25, -0.2) is 4.79 Å². The Kier molecular flexibility index (Phi) is 2.95. The third-order valence-corrected chi connectivity index (χ3v) is 2.77. The number of fused-ring (bicyclic) bond motifs is 1. The topological polar surface area (TPSA) is 59.0 Å². The number of rotatable bonds is 1. The molecular formula is C14H18N3O+. The van der Waals surface area contributed by atoms with E-state index in [9.17, 15) is 4.79 Å². The summed E-state index contributed by atoms with van der Waals surface area (Å²) in [4.78, 5) is 11.0. The summed E-state index contributed by atoms with van der Waals surface area (Å²) in [5.41, 5.74) is 6.92. The van der Waals surface area contributed by atoms with Crippen molar-refractivity contribution in [1.29, 1.82) is 0 Å². The van der Waals surface area contributed by atoms with Crippen LogP contribution in [0, 0.1) is 0 Å². The van der Waals surface area contributed by atoms with Crippen molar-refractivity contribution in [2.24, 2.45) is 5.73 Å². The second kappa shape index (κ2) is 4.29. The number of amides is 2.